The Morgan fingerprint density at radius 3 is 2.82 bits per heavy atom. The summed E-state index contributed by atoms with van der Waals surface area (Å²) in [5.41, 5.74) is 1.69. The first-order chi connectivity index (χ1) is 8.08. The van der Waals surface area contributed by atoms with Crippen LogP contribution in [0, 0.1) is 11.7 Å². The first-order valence-corrected chi connectivity index (χ1v) is 6.33. The van der Waals surface area contributed by atoms with Crippen LogP contribution in [0.4, 0.5) is 4.39 Å². The Morgan fingerprint density at radius 2 is 2.24 bits per heavy atom. The van der Waals surface area contributed by atoms with Gasteiger partial charge in [0.05, 0.1) is 16.4 Å². The highest BCUT2D eigenvalue weighted by molar-refractivity contribution is 6.20. The van der Waals surface area contributed by atoms with E-state index in [0.717, 1.165) is 23.3 Å². The summed E-state index contributed by atoms with van der Waals surface area (Å²) in [5.74, 6) is 1.26. The largest absolute Gasteiger partial charge is 0.323 e. The minimum atomic E-state index is -0.222. The topological polar surface area (TPSA) is 17.8 Å². The van der Waals surface area contributed by atoms with Gasteiger partial charge in [-0.25, -0.2) is 9.37 Å². The van der Waals surface area contributed by atoms with E-state index in [1.165, 1.54) is 6.07 Å². The maximum absolute atomic E-state index is 13.3. The Kier molecular flexibility index (Phi) is 2.40. The van der Waals surface area contributed by atoms with Crippen LogP contribution in [0.5, 0.6) is 0 Å². The van der Waals surface area contributed by atoms with Crippen molar-refractivity contribution in [1.29, 1.82) is 0 Å². The monoisotopic (exact) mass is 252 g/mol. The molecule has 0 N–H and O–H groups in total. The lowest BCUT2D eigenvalue weighted by Crippen LogP contribution is -2.03. The molecule has 2 nitrogen and oxygen atoms in total. The van der Waals surface area contributed by atoms with Gasteiger partial charge in [-0.2, -0.15) is 0 Å². The zero-order chi connectivity index (χ0) is 12.2. The number of aromatic nitrogens is 2. The highest BCUT2D eigenvalue weighted by Gasteiger charge is 2.37. The maximum atomic E-state index is 13.3. The molecular formula is C13H14ClFN2. The van der Waals surface area contributed by atoms with Gasteiger partial charge in [0.1, 0.15) is 11.6 Å². The van der Waals surface area contributed by atoms with Crippen LogP contribution in [0.15, 0.2) is 18.2 Å². The molecule has 0 aliphatic heterocycles. The molecule has 0 bridgehead atoms. The van der Waals surface area contributed by atoms with Gasteiger partial charge in [-0.1, -0.05) is 6.92 Å². The quantitative estimate of drug-likeness (QED) is 0.737. The molecule has 1 aliphatic carbocycles. The van der Waals surface area contributed by atoms with Crippen molar-refractivity contribution in [3.8, 4) is 0 Å². The average Bonchev–Trinajstić information content (AvgIpc) is 2.86. The molecule has 3 atom stereocenters. The second-order valence-electron chi connectivity index (χ2n) is 4.87. The molecule has 0 spiro atoms. The van der Waals surface area contributed by atoms with Gasteiger partial charge in [0.2, 0.25) is 0 Å². The second-order valence-corrected chi connectivity index (χ2v) is 5.52. The van der Waals surface area contributed by atoms with E-state index in [4.69, 9.17) is 11.6 Å². The lowest BCUT2D eigenvalue weighted by Gasteiger charge is -2.09. The molecular weight excluding hydrogens is 239 g/mol. The first kappa shape index (κ1) is 11.0. The number of halogens is 2. The van der Waals surface area contributed by atoms with E-state index >= 15 is 0 Å². The van der Waals surface area contributed by atoms with Gasteiger partial charge in [0, 0.05) is 6.04 Å². The zero-order valence-corrected chi connectivity index (χ0v) is 10.6. The summed E-state index contributed by atoms with van der Waals surface area (Å²) in [7, 11) is 0. The summed E-state index contributed by atoms with van der Waals surface area (Å²) < 4.78 is 15.4. The van der Waals surface area contributed by atoms with Crippen LogP contribution < -0.4 is 0 Å². The standard InChI is InChI=1S/C13H14ClFN2/c1-7-5-11(7)17-12-6-9(15)3-4-10(12)16-13(17)8(2)14/h3-4,6-8,11H,5H2,1-2H3. The summed E-state index contributed by atoms with van der Waals surface area (Å²) >= 11 is 6.16. The lowest BCUT2D eigenvalue weighted by atomic mass is 10.3. The Morgan fingerprint density at radius 1 is 1.53 bits per heavy atom. The fourth-order valence-electron chi connectivity index (χ4n) is 2.38. The normalized spacial score (nSPS) is 25.2. The van der Waals surface area contributed by atoms with Crippen LogP contribution in [0.3, 0.4) is 0 Å². The number of rotatable bonds is 2. The van der Waals surface area contributed by atoms with Gasteiger partial charge in [0.15, 0.2) is 0 Å². The molecule has 90 valence electrons. The van der Waals surface area contributed by atoms with Crippen molar-refractivity contribution in [3.05, 3.63) is 29.8 Å². The molecule has 17 heavy (non-hydrogen) atoms. The summed E-state index contributed by atoms with van der Waals surface area (Å²) in [6.07, 6.45) is 1.12. The van der Waals surface area contributed by atoms with Gasteiger partial charge in [0.25, 0.3) is 0 Å². The van der Waals surface area contributed by atoms with Crippen molar-refractivity contribution in [2.75, 3.05) is 0 Å². The smallest absolute Gasteiger partial charge is 0.127 e. The molecule has 1 heterocycles. The fourth-order valence-corrected chi connectivity index (χ4v) is 2.53. The van der Waals surface area contributed by atoms with Crippen molar-refractivity contribution in [1.82, 2.24) is 9.55 Å². The number of imidazole rings is 1. The predicted molar refractivity (Wildman–Crippen MR) is 66.8 cm³/mol. The van der Waals surface area contributed by atoms with E-state index in [9.17, 15) is 4.39 Å². The highest BCUT2D eigenvalue weighted by Crippen LogP contribution is 2.46. The van der Waals surface area contributed by atoms with Crippen molar-refractivity contribution >= 4 is 22.6 Å². The fraction of sp³-hybridized carbons (Fsp3) is 0.462. The molecule has 3 unspecified atom stereocenters. The number of hydrogen-bond donors (Lipinski definition) is 0. The van der Waals surface area contributed by atoms with Crippen molar-refractivity contribution in [2.45, 2.75) is 31.7 Å². The third-order valence-electron chi connectivity index (χ3n) is 3.43. The third kappa shape index (κ3) is 1.73. The van der Waals surface area contributed by atoms with Crippen molar-refractivity contribution in [3.63, 3.8) is 0 Å². The van der Waals surface area contributed by atoms with Gasteiger partial charge >= 0.3 is 0 Å². The Balaban J connectivity index is 2.25. The molecule has 1 aromatic carbocycles. The molecule has 0 saturated heterocycles. The van der Waals surface area contributed by atoms with E-state index in [0.29, 0.717) is 12.0 Å². The molecule has 4 heteroatoms. The first-order valence-electron chi connectivity index (χ1n) is 5.89. The third-order valence-corrected chi connectivity index (χ3v) is 3.63. The summed E-state index contributed by atoms with van der Waals surface area (Å²) in [4.78, 5) is 4.51. The molecule has 0 radical (unpaired) electrons. The number of alkyl halides is 1. The number of nitrogens with zero attached hydrogens (tertiary/aromatic N) is 2. The number of fused-ring (bicyclic) bond motifs is 1. The Bertz CT molecular complexity index is 576. The van der Waals surface area contributed by atoms with Gasteiger partial charge in [-0.3, -0.25) is 0 Å². The van der Waals surface area contributed by atoms with Gasteiger partial charge < -0.3 is 4.57 Å². The SMILES string of the molecule is CC(Cl)c1nc2ccc(F)cc2n1C1CC1C. The summed E-state index contributed by atoms with van der Waals surface area (Å²) in [5, 5.41) is -0.154. The van der Waals surface area contributed by atoms with E-state index in [1.54, 1.807) is 12.1 Å². The van der Waals surface area contributed by atoms with Crippen LogP contribution in [-0.2, 0) is 0 Å². The van der Waals surface area contributed by atoms with Crippen molar-refractivity contribution < 1.29 is 4.39 Å². The van der Waals surface area contributed by atoms with E-state index in [2.05, 4.69) is 16.5 Å². The van der Waals surface area contributed by atoms with Crippen molar-refractivity contribution in [2.24, 2.45) is 5.92 Å². The minimum Gasteiger partial charge on any atom is -0.323 e. The lowest BCUT2D eigenvalue weighted by molar-refractivity contribution is 0.624. The summed E-state index contributed by atoms with van der Waals surface area (Å²) in [6.45, 7) is 4.10. The van der Waals surface area contributed by atoms with Crippen LogP contribution in [0.1, 0.15) is 37.5 Å². The van der Waals surface area contributed by atoms with Gasteiger partial charge in [-0.05, 0) is 37.5 Å². The molecule has 1 fully saturated rings. The van der Waals surface area contributed by atoms with E-state index < -0.39 is 0 Å². The van der Waals surface area contributed by atoms with Crippen LogP contribution in [0.25, 0.3) is 11.0 Å². The maximum Gasteiger partial charge on any atom is 0.127 e. The second kappa shape index (κ2) is 3.70. The predicted octanol–water partition coefficient (Wildman–Crippen LogP) is 4.06. The Labute approximate surface area is 104 Å². The number of benzene rings is 1. The van der Waals surface area contributed by atoms with Crippen LogP contribution in [0.2, 0.25) is 0 Å². The van der Waals surface area contributed by atoms with Crippen LogP contribution >= 0.6 is 11.6 Å². The minimum absolute atomic E-state index is 0.154. The number of hydrogen-bond acceptors (Lipinski definition) is 1. The molecule has 1 aliphatic rings. The molecule has 3 rings (SSSR count). The van der Waals surface area contributed by atoms with E-state index in [1.807, 2.05) is 6.92 Å². The summed E-state index contributed by atoms with van der Waals surface area (Å²) in [6, 6.07) is 5.14. The highest BCUT2D eigenvalue weighted by atomic mass is 35.5. The average molecular weight is 253 g/mol. The molecule has 1 aromatic heterocycles. The molecule has 1 saturated carbocycles. The molecule has 0 amide bonds. The van der Waals surface area contributed by atoms with Crippen LogP contribution in [-0.4, -0.2) is 9.55 Å². The Hall–Kier alpha value is -1.09. The zero-order valence-electron chi connectivity index (χ0n) is 9.82. The van der Waals surface area contributed by atoms with E-state index in [-0.39, 0.29) is 11.2 Å². The molecule has 2 aromatic rings. The van der Waals surface area contributed by atoms with Gasteiger partial charge in [-0.15, -0.1) is 11.6 Å².